The van der Waals surface area contributed by atoms with E-state index in [4.69, 9.17) is 5.73 Å². The number of carboxylic acids is 1. The van der Waals surface area contributed by atoms with Crippen molar-refractivity contribution in [3.63, 3.8) is 0 Å². The van der Waals surface area contributed by atoms with Gasteiger partial charge in [-0.1, -0.05) is 0 Å². The second-order valence-corrected chi connectivity index (χ2v) is 7.46. The molecule has 0 amide bonds. The molecule has 1 atom stereocenters. The zero-order valence-electron chi connectivity index (χ0n) is 16.3. The molecule has 1 aromatic heterocycles. The molecule has 1 aliphatic heterocycles. The van der Waals surface area contributed by atoms with E-state index in [-0.39, 0.29) is 24.7 Å². The highest BCUT2D eigenvalue weighted by Crippen LogP contribution is 2.36. The monoisotopic (exact) mass is 435 g/mol. The Balaban J connectivity index is 2.18. The smallest absolute Gasteiger partial charge is 0.341 e. The van der Waals surface area contributed by atoms with Crippen LogP contribution in [-0.4, -0.2) is 34.8 Å². The third-order valence-corrected chi connectivity index (χ3v) is 5.48. The second kappa shape index (κ2) is 7.38. The Labute approximate surface area is 173 Å². The molecule has 3 N–H and O–H groups in total. The van der Waals surface area contributed by atoms with Gasteiger partial charge in [0.2, 0.25) is 5.43 Å². The molecule has 0 spiro atoms. The van der Waals surface area contributed by atoms with Crippen LogP contribution in [0, 0.1) is 30.2 Å². The van der Waals surface area contributed by atoms with Gasteiger partial charge in [-0.15, -0.1) is 0 Å². The number of anilines is 1. The molecule has 0 bridgehead atoms. The predicted octanol–water partition coefficient (Wildman–Crippen LogP) is 3.09. The number of rotatable bonds is 3. The number of nitrogens with two attached hydrogens (primary N) is 1. The van der Waals surface area contributed by atoms with Crippen molar-refractivity contribution in [2.24, 2.45) is 5.73 Å². The number of hydrogen-bond donors (Lipinski definition) is 2. The summed E-state index contributed by atoms with van der Waals surface area (Å²) in [7, 11) is 0. The molecule has 2 heterocycles. The van der Waals surface area contributed by atoms with E-state index in [0.29, 0.717) is 12.5 Å². The van der Waals surface area contributed by atoms with Gasteiger partial charge >= 0.3 is 5.97 Å². The predicted molar refractivity (Wildman–Crippen MR) is 106 cm³/mol. The summed E-state index contributed by atoms with van der Waals surface area (Å²) in [5.41, 5.74) is 2.31. The van der Waals surface area contributed by atoms with Gasteiger partial charge in [-0.05, 0) is 25.5 Å². The number of pyridine rings is 1. The Kier molecular flexibility index (Phi) is 4.97. The summed E-state index contributed by atoms with van der Waals surface area (Å²) in [4.78, 5) is 25.8. The van der Waals surface area contributed by atoms with Gasteiger partial charge in [0.25, 0.3) is 0 Å². The summed E-state index contributed by atoms with van der Waals surface area (Å²) in [5.74, 6) is -5.86. The molecular formula is C21H17F4N3O3. The number of carboxylic acid groups (broad SMARTS) is 1. The Morgan fingerprint density at radius 1 is 1.19 bits per heavy atom. The lowest BCUT2D eigenvalue weighted by Crippen LogP contribution is -2.29. The van der Waals surface area contributed by atoms with Crippen LogP contribution in [0.3, 0.4) is 0 Å². The third kappa shape index (κ3) is 3.23. The van der Waals surface area contributed by atoms with Crippen molar-refractivity contribution in [1.82, 2.24) is 4.57 Å². The molecule has 31 heavy (non-hydrogen) atoms. The third-order valence-electron chi connectivity index (χ3n) is 5.48. The lowest BCUT2D eigenvalue weighted by Gasteiger charge is -2.23. The molecule has 4 rings (SSSR count). The van der Waals surface area contributed by atoms with Crippen LogP contribution in [0.1, 0.15) is 22.3 Å². The standard InChI is InChI=1S/C21H17F4N3O3/c1-9-15-18(17(25)19(16(9)24)27-5-4-11(26)7-27)28(8-12(20(15)29)21(30)31)14-3-2-10(22)6-13(14)23/h2-3,6,8,11H,4-5,7,26H2,1H3,(H,30,31). The molecule has 0 radical (unpaired) electrons. The summed E-state index contributed by atoms with van der Waals surface area (Å²) >= 11 is 0. The molecule has 10 heteroatoms. The van der Waals surface area contributed by atoms with E-state index < -0.39 is 62.5 Å². The fraction of sp³-hybridized carbons (Fsp3) is 0.238. The van der Waals surface area contributed by atoms with Crippen LogP contribution in [0.4, 0.5) is 23.2 Å². The normalized spacial score (nSPS) is 16.3. The lowest BCUT2D eigenvalue weighted by molar-refractivity contribution is 0.0695. The summed E-state index contributed by atoms with van der Waals surface area (Å²) in [6, 6.07) is 2.11. The number of benzene rings is 2. The van der Waals surface area contributed by atoms with Crippen molar-refractivity contribution >= 4 is 22.6 Å². The van der Waals surface area contributed by atoms with E-state index in [2.05, 4.69) is 0 Å². The quantitative estimate of drug-likeness (QED) is 0.618. The van der Waals surface area contributed by atoms with E-state index in [0.717, 1.165) is 22.9 Å². The first-order valence-electron chi connectivity index (χ1n) is 9.38. The fourth-order valence-electron chi connectivity index (χ4n) is 3.96. The van der Waals surface area contributed by atoms with Crippen molar-refractivity contribution in [2.75, 3.05) is 18.0 Å². The van der Waals surface area contributed by atoms with Crippen LogP contribution in [0.15, 0.2) is 29.2 Å². The fourth-order valence-corrected chi connectivity index (χ4v) is 3.96. The highest BCUT2D eigenvalue weighted by Gasteiger charge is 2.31. The number of aryl methyl sites for hydroxylation is 1. The molecule has 162 valence electrons. The molecule has 2 aromatic carbocycles. The first kappa shape index (κ1) is 20.9. The van der Waals surface area contributed by atoms with Crippen molar-refractivity contribution in [3.8, 4) is 5.69 Å². The number of carbonyl (C=O) groups is 1. The molecule has 1 unspecified atom stereocenters. The maximum atomic E-state index is 15.7. The number of hydrogen-bond acceptors (Lipinski definition) is 4. The maximum Gasteiger partial charge on any atom is 0.341 e. The first-order valence-corrected chi connectivity index (χ1v) is 9.38. The van der Waals surface area contributed by atoms with Gasteiger partial charge in [-0.3, -0.25) is 4.79 Å². The van der Waals surface area contributed by atoms with E-state index >= 15 is 8.78 Å². The maximum absolute atomic E-state index is 15.7. The molecule has 1 fully saturated rings. The van der Waals surface area contributed by atoms with E-state index in [1.54, 1.807) is 0 Å². The SMILES string of the molecule is Cc1c(F)c(N2CCC(N)C2)c(F)c2c1c(=O)c(C(=O)O)cn2-c1ccc(F)cc1F. The molecule has 0 saturated carbocycles. The number of fused-ring (bicyclic) bond motifs is 1. The lowest BCUT2D eigenvalue weighted by atomic mass is 10.0. The van der Waals surface area contributed by atoms with Crippen molar-refractivity contribution in [3.05, 3.63) is 69.0 Å². The van der Waals surface area contributed by atoms with E-state index in [1.807, 2.05) is 0 Å². The minimum Gasteiger partial charge on any atom is -0.477 e. The number of aromatic nitrogens is 1. The molecule has 1 aliphatic rings. The molecular weight excluding hydrogens is 418 g/mol. The molecule has 6 nitrogen and oxygen atoms in total. The number of aromatic carboxylic acids is 1. The largest absolute Gasteiger partial charge is 0.477 e. The van der Waals surface area contributed by atoms with Crippen LogP contribution < -0.4 is 16.1 Å². The highest BCUT2D eigenvalue weighted by atomic mass is 19.1. The Morgan fingerprint density at radius 3 is 2.48 bits per heavy atom. The van der Waals surface area contributed by atoms with Crippen LogP contribution in [0.25, 0.3) is 16.6 Å². The Hall–Kier alpha value is -3.40. The Bertz CT molecular complexity index is 1310. The van der Waals surface area contributed by atoms with Crippen molar-refractivity contribution < 1.29 is 27.5 Å². The number of halogens is 4. The van der Waals surface area contributed by atoms with Gasteiger partial charge < -0.3 is 20.3 Å². The van der Waals surface area contributed by atoms with Gasteiger partial charge in [-0.2, -0.15) is 0 Å². The molecule has 1 saturated heterocycles. The minimum atomic E-state index is -1.65. The van der Waals surface area contributed by atoms with E-state index in [1.165, 1.54) is 11.8 Å². The minimum absolute atomic E-state index is 0.168. The zero-order valence-corrected chi connectivity index (χ0v) is 16.3. The van der Waals surface area contributed by atoms with Gasteiger partial charge in [0.15, 0.2) is 11.6 Å². The van der Waals surface area contributed by atoms with Crippen LogP contribution in [0.5, 0.6) is 0 Å². The zero-order chi connectivity index (χ0) is 22.6. The van der Waals surface area contributed by atoms with Gasteiger partial charge in [-0.25, -0.2) is 22.4 Å². The summed E-state index contributed by atoms with van der Waals surface area (Å²) in [6.45, 7) is 1.65. The first-order chi connectivity index (χ1) is 14.6. The highest BCUT2D eigenvalue weighted by molar-refractivity contribution is 5.96. The average molecular weight is 435 g/mol. The number of nitrogens with zero attached hydrogens (tertiary/aromatic N) is 2. The van der Waals surface area contributed by atoms with Crippen LogP contribution in [0.2, 0.25) is 0 Å². The van der Waals surface area contributed by atoms with Crippen molar-refractivity contribution in [1.29, 1.82) is 0 Å². The summed E-state index contributed by atoms with van der Waals surface area (Å²) in [6.07, 6.45) is 1.25. The van der Waals surface area contributed by atoms with Gasteiger partial charge in [0, 0.05) is 37.0 Å². The second-order valence-electron chi connectivity index (χ2n) is 7.46. The van der Waals surface area contributed by atoms with Crippen LogP contribution >= 0.6 is 0 Å². The average Bonchev–Trinajstić information content (AvgIpc) is 3.12. The van der Waals surface area contributed by atoms with E-state index in [9.17, 15) is 23.5 Å². The molecule has 3 aromatic rings. The van der Waals surface area contributed by atoms with Crippen molar-refractivity contribution in [2.45, 2.75) is 19.4 Å². The Morgan fingerprint density at radius 2 is 1.90 bits per heavy atom. The van der Waals surface area contributed by atoms with Gasteiger partial charge in [0.1, 0.15) is 22.9 Å². The van der Waals surface area contributed by atoms with Crippen LogP contribution in [-0.2, 0) is 0 Å². The topological polar surface area (TPSA) is 88.6 Å². The van der Waals surface area contributed by atoms with Gasteiger partial charge in [0.05, 0.1) is 16.6 Å². The summed E-state index contributed by atoms with van der Waals surface area (Å²) < 4.78 is 59.7. The molecule has 0 aliphatic carbocycles. The summed E-state index contributed by atoms with van der Waals surface area (Å²) in [5, 5.41) is 8.88.